The molecule has 0 saturated carbocycles. The smallest absolute Gasteiger partial charge is 0.224 e. The van der Waals surface area contributed by atoms with Gasteiger partial charge in [0.2, 0.25) is 5.91 Å². The van der Waals surface area contributed by atoms with E-state index in [2.05, 4.69) is 5.32 Å². The van der Waals surface area contributed by atoms with E-state index in [0.29, 0.717) is 25.1 Å². The second kappa shape index (κ2) is 7.59. The molecule has 2 aromatic rings. The number of aryl methyl sites for hydroxylation is 2. The maximum atomic E-state index is 13.2. The molecule has 0 aliphatic heterocycles. The zero-order valence-electron chi connectivity index (χ0n) is 12.9. The second-order valence-corrected chi connectivity index (χ2v) is 5.05. The molecule has 0 spiro atoms. The fourth-order valence-electron chi connectivity index (χ4n) is 2.20. The van der Waals surface area contributed by atoms with Crippen LogP contribution in [0.4, 0.5) is 10.1 Å². The number of para-hydroxylation sites is 1. The fraction of sp³-hybridized carbons (Fsp3) is 0.278. The van der Waals surface area contributed by atoms with Crippen molar-refractivity contribution >= 4 is 11.6 Å². The summed E-state index contributed by atoms with van der Waals surface area (Å²) in [7, 11) is 0. The van der Waals surface area contributed by atoms with Crippen LogP contribution in [0.15, 0.2) is 42.5 Å². The average Bonchev–Trinajstić information content (AvgIpc) is 2.50. The third kappa shape index (κ3) is 4.32. The molecule has 116 valence electrons. The molecule has 0 bridgehead atoms. The van der Waals surface area contributed by atoms with Crippen LogP contribution in [-0.4, -0.2) is 12.5 Å². The Hall–Kier alpha value is -2.36. The molecule has 0 fully saturated rings. The van der Waals surface area contributed by atoms with Crippen LogP contribution in [0.1, 0.15) is 24.5 Å². The Labute approximate surface area is 130 Å². The van der Waals surface area contributed by atoms with E-state index in [0.717, 1.165) is 16.9 Å². The summed E-state index contributed by atoms with van der Waals surface area (Å²) >= 11 is 0. The normalized spacial score (nSPS) is 10.3. The first-order valence-corrected chi connectivity index (χ1v) is 7.37. The van der Waals surface area contributed by atoms with Crippen LogP contribution in [0.2, 0.25) is 0 Å². The maximum absolute atomic E-state index is 13.2. The van der Waals surface area contributed by atoms with Gasteiger partial charge in [0.1, 0.15) is 11.6 Å². The van der Waals surface area contributed by atoms with Crippen molar-refractivity contribution in [2.24, 2.45) is 0 Å². The van der Waals surface area contributed by atoms with Gasteiger partial charge < -0.3 is 10.1 Å². The van der Waals surface area contributed by atoms with E-state index in [9.17, 15) is 9.18 Å². The summed E-state index contributed by atoms with van der Waals surface area (Å²) in [4.78, 5) is 12.0. The van der Waals surface area contributed by atoms with E-state index >= 15 is 0 Å². The van der Waals surface area contributed by atoms with E-state index in [1.54, 1.807) is 6.07 Å². The van der Waals surface area contributed by atoms with Gasteiger partial charge in [-0.25, -0.2) is 4.39 Å². The quantitative estimate of drug-likeness (QED) is 0.872. The summed E-state index contributed by atoms with van der Waals surface area (Å²) in [5, 5.41) is 2.75. The van der Waals surface area contributed by atoms with Gasteiger partial charge in [-0.05, 0) is 49.6 Å². The zero-order chi connectivity index (χ0) is 15.9. The second-order valence-electron chi connectivity index (χ2n) is 5.05. The number of carbonyl (C=O) groups excluding carboxylic acids is 1. The fourth-order valence-corrected chi connectivity index (χ4v) is 2.20. The molecule has 0 aliphatic carbocycles. The van der Waals surface area contributed by atoms with Gasteiger partial charge in [-0.15, -0.1) is 0 Å². The Balaban J connectivity index is 1.97. The number of ether oxygens (including phenoxy) is 1. The number of carbonyl (C=O) groups is 1. The molecule has 1 amide bonds. The highest BCUT2D eigenvalue weighted by Gasteiger charge is 2.08. The topological polar surface area (TPSA) is 38.3 Å². The van der Waals surface area contributed by atoms with Crippen molar-refractivity contribution in [2.45, 2.75) is 26.7 Å². The lowest BCUT2D eigenvalue weighted by atomic mass is 10.1. The minimum absolute atomic E-state index is 0.139. The summed E-state index contributed by atoms with van der Waals surface area (Å²) in [5.74, 6) is 0.308. The van der Waals surface area contributed by atoms with E-state index in [-0.39, 0.29) is 11.7 Å². The number of hydrogen-bond donors (Lipinski definition) is 1. The summed E-state index contributed by atoms with van der Waals surface area (Å²) in [6.45, 7) is 4.35. The molecule has 0 heterocycles. The Morgan fingerprint density at radius 1 is 1.23 bits per heavy atom. The van der Waals surface area contributed by atoms with Gasteiger partial charge in [0.15, 0.2) is 0 Å². The third-order valence-corrected chi connectivity index (χ3v) is 3.37. The van der Waals surface area contributed by atoms with Gasteiger partial charge in [0.05, 0.1) is 6.61 Å². The first-order chi connectivity index (χ1) is 10.6. The van der Waals surface area contributed by atoms with Crippen LogP contribution in [0.3, 0.4) is 0 Å². The highest BCUT2D eigenvalue weighted by molar-refractivity contribution is 5.91. The standard InChI is InChI=1S/C18H20FNO2/c1-3-22-17-7-5-4-6-14(17)9-11-18(21)20-16-12-15(19)10-8-13(16)2/h4-8,10,12H,3,9,11H2,1-2H3,(H,20,21). The molecule has 0 aromatic heterocycles. The largest absolute Gasteiger partial charge is 0.494 e. The minimum Gasteiger partial charge on any atom is -0.494 e. The van der Waals surface area contributed by atoms with E-state index in [1.807, 2.05) is 38.1 Å². The number of benzene rings is 2. The summed E-state index contributed by atoms with van der Waals surface area (Å²) in [5.41, 5.74) is 2.35. The van der Waals surface area contributed by atoms with Crippen molar-refractivity contribution in [3.05, 3.63) is 59.4 Å². The number of rotatable bonds is 6. The van der Waals surface area contributed by atoms with Crippen molar-refractivity contribution in [2.75, 3.05) is 11.9 Å². The summed E-state index contributed by atoms with van der Waals surface area (Å²) in [6.07, 6.45) is 0.899. The van der Waals surface area contributed by atoms with Crippen molar-refractivity contribution in [3.63, 3.8) is 0 Å². The van der Waals surface area contributed by atoms with Crippen molar-refractivity contribution in [1.29, 1.82) is 0 Å². The van der Waals surface area contributed by atoms with Crippen LogP contribution in [0, 0.1) is 12.7 Å². The molecule has 0 saturated heterocycles. The van der Waals surface area contributed by atoms with Gasteiger partial charge in [-0.3, -0.25) is 4.79 Å². The molecular formula is C18H20FNO2. The first-order valence-electron chi connectivity index (χ1n) is 7.37. The average molecular weight is 301 g/mol. The van der Waals surface area contributed by atoms with Crippen molar-refractivity contribution in [3.8, 4) is 5.75 Å². The lowest BCUT2D eigenvalue weighted by Crippen LogP contribution is -2.13. The van der Waals surface area contributed by atoms with Gasteiger partial charge in [-0.2, -0.15) is 0 Å². The monoisotopic (exact) mass is 301 g/mol. The number of nitrogens with one attached hydrogen (secondary N) is 1. The molecule has 0 unspecified atom stereocenters. The lowest BCUT2D eigenvalue weighted by molar-refractivity contribution is -0.116. The van der Waals surface area contributed by atoms with Crippen molar-refractivity contribution < 1.29 is 13.9 Å². The molecule has 4 heteroatoms. The minimum atomic E-state index is -0.359. The number of hydrogen-bond acceptors (Lipinski definition) is 2. The highest BCUT2D eigenvalue weighted by atomic mass is 19.1. The van der Waals surface area contributed by atoms with E-state index in [4.69, 9.17) is 4.74 Å². The van der Waals surface area contributed by atoms with Gasteiger partial charge >= 0.3 is 0 Å². The molecular weight excluding hydrogens is 281 g/mol. The SMILES string of the molecule is CCOc1ccccc1CCC(=O)Nc1cc(F)ccc1C. The molecule has 0 radical (unpaired) electrons. The molecule has 0 atom stereocenters. The summed E-state index contributed by atoms with van der Waals surface area (Å²) in [6, 6.07) is 12.0. The predicted molar refractivity (Wildman–Crippen MR) is 85.7 cm³/mol. The molecule has 2 aromatic carbocycles. The molecule has 1 N–H and O–H groups in total. The molecule has 3 nitrogen and oxygen atoms in total. The first kappa shape index (κ1) is 16.0. The Morgan fingerprint density at radius 2 is 2.00 bits per heavy atom. The van der Waals surface area contributed by atoms with E-state index in [1.165, 1.54) is 12.1 Å². The lowest BCUT2D eigenvalue weighted by Gasteiger charge is -2.11. The zero-order valence-corrected chi connectivity index (χ0v) is 12.9. The van der Waals surface area contributed by atoms with Gasteiger partial charge in [-0.1, -0.05) is 24.3 Å². The van der Waals surface area contributed by atoms with Crippen LogP contribution >= 0.6 is 0 Å². The van der Waals surface area contributed by atoms with Crippen molar-refractivity contribution in [1.82, 2.24) is 0 Å². The Bertz CT molecular complexity index is 655. The summed E-state index contributed by atoms with van der Waals surface area (Å²) < 4.78 is 18.8. The van der Waals surface area contributed by atoms with Crippen LogP contribution < -0.4 is 10.1 Å². The predicted octanol–water partition coefficient (Wildman–Crippen LogP) is 4.10. The van der Waals surface area contributed by atoms with E-state index < -0.39 is 0 Å². The molecule has 2 rings (SSSR count). The van der Waals surface area contributed by atoms with Gasteiger partial charge in [0.25, 0.3) is 0 Å². The molecule has 22 heavy (non-hydrogen) atoms. The number of anilines is 1. The van der Waals surface area contributed by atoms with Gasteiger partial charge in [0, 0.05) is 12.1 Å². The number of halogens is 1. The third-order valence-electron chi connectivity index (χ3n) is 3.37. The number of amides is 1. The molecule has 0 aliphatic rings. The maximum Gasteiger partial charge on any atom is 0.224 e. The van der Waals surface area contributed by atoms with Crippen LogP contribution in [0.5, 0.6) is 5.75 Å². The van der Waals surface area contributed by atoms with Crippen LogP contribution in [0.25, 0.3) is 0 Å². The Kier molecular flexibility index (Phi) is 5.53. The Morgan fingerprint density at radius 3 is 2.77 bits per heavy atom. The van der Waals surface area contributed by atoms with Crippen LogP contribution in [-0.2, 0) is 11.2 Å². The highest BCUT2D eigenvalue weighted by Crippen LogP contribution is 2.20.